The van der Waals surface area contributed by atoms with Crippen molar-refractivity contribution in [1.29, 1.82) is 0 Å². The molecule has 3 aromatic rings. The first-order valence-corrected chi connectivity index (χ1v) is 10.5. The highest BCUT2D eigenvalue weighted by molar-refractivity contribution is 5.55. The van der Waals surface area contributed by atoms with E-state index in [1.54, 1.807) is 39.7 Å². The minimum atomic E-state index is -0.127. The van der Waals surface area contributed by atoms with E-state index in [-0.39, 0.29) is 5.56 Å². The highest BCUT2D eigenvalue weighted by Gasteiger charge is 2.22. The number of piperazine rings is 1. The first kappa shape index (κ1) is 21.9. The topological polar surface area (TPSA) is 82.2 Å². The molecule has 0 unspecified atom stereocenters. The summed E-state index contributed by atoms with van der Waals surface area (Å²) < 4.78 is 23.4. The largest absolute Gasteiger partial charge is 0.493 e. The molecule has 0 N–H and O–H groups in total. The van der Waals surface area contributed by atoms with Gasteiger partial charge >= 0.3 is 0 Å². The third-order valence-electron chi connectivity index (χ3n) is 5.62. The fourth-order valence-electron chi connectivity index (χ4n) is 3.91. The van der Waals surface area contributed by atoms with Gasteiger partial charge in [0.25, 0.3) is 5.56 Å². The summed E-state index contributed by atoms with van der Waals surface area (Å²) in [6.45, 7) is 4.57. The number of benzene rings is 1. The fraction of sp³-hybridized carbons (Fsp3) is 0.391. The molecule has 1 aromatic carbocycles. The van der Waals surface area contributed by atoms with Crippen LogP contribution in [0.1, 0.15) is 5.56 Å². The van der Waals surface area contributed by atoms with Crippen LogP contribution in [0.4, 0.5) is 0 Å². The van der Waals surface area contributed by atoms with E-state index < -0.39 is 0 Å². The van der Waals surface area contributed by atoms with Gasteiger partial charge in [-0.3, -0.25) is 14.6 Å². The number of nitrogens with zero attached hydrogens (tertiary/aromatic N) is 4. The van der Waals surface area contributed by atoms with Gasteiger partial charge in [0.2, 0.25) is 5.75 Å². The van der Waals surface area contributed by atoms with Gasteiger partial charge in [-0.15, -0.1) is 0 Å². The smallest absolute Gasteiger partial charge is 0.268 e. The summed E-state index contributed by atoms with van der Waals surface area (Å²) in [7, 11) is 4.86. The van der Waals surface area contributed by atoms with E-state index in [0.29, 0.717) is 35.4 Å². The molecule has 9 heteroatoms. The molecule has 4 rings (SSSR count). The van der Waals surface area contributed by atoms with Gasteiger partial charge in [0.05, 0.1) is 34.3 Å². The number of methoxy groups -OCH3 is 3. The van der Waals surface area contributed by atoms with E-state index in [2.05, 4.69) is 14.9 Å². The molecule has 1 saturated heterocycles. The van der Waals surface area contributed by atoms with E-state index in [1.807, 2.05) is 18.2 Å². The molecule has 0 atom stereocenters. The van der Waals surface area contributed by atoms with Gasteiger partial charge in [-0.1, -0.05) is 6.07 Å². The number of hydrogen-bond acceptors (Lipinski definition) is 8. The second kappa shape index (κ2) is 9.88. The van der Waals surface area contributed by atoms with E-state index in [0.717, 1.165) is 38.3 Å². The number of hydrogen-bond donors (Lipinski definition) is 0. The molecular weight excluding hydrogens is 412 g/mol. The van der Waals surface area contributed by atoms with Crippen LogP contribution in [0.5, 0.6) is 17.2 Å². The average Bonchev–Trinajstić information content (AvgIpc) is 3.36. The maximum Gasteiger partial charge on any atom is 0.268 e. The number of rotatable bonds is 8. The molecule has 9 nitrogen and oxygen atoms in total. The molecule has 0 aliphatic carbocycles. The minimum Gasteiger partial charge on any atom is -0.493 e. The molecule has 170 valence electrons. The van der Waals surface area contributed by atoms with Crippen LogP contribution < -0.4 is 19.8 Å². The Labute approximate surface area is 186 Å². The normalized spacial score (nSPS) is 15.0. The first-order valence-electron chi connectivity index (χ1n) is 10.5. The molecule has 0 saturated carbocycles. The molecule has 1 aliphatic heterocycles. The van der Waals surface area contributed by atoms with E-state index in [1.165, 1.54) is 10.7 Å². The number of aromatic nitrogens is 2. The summed E-state index contributed by atoms with van der Waals surface area (Å²) >= 11 is 0. The Morgan fingerprint density at radius 3 is 2.31 bits per heavy atom. The zero-order chi connectivity index (χ0) is 22.5. The van der Waals surface area contributed by atoms with Crippen LogP contribution in [-0.4, -0.2) is 67.1 Å². The molecule has 2 aromatic heterocycles. The van der Waals surface area contributed by atoms with Crippen LogP contribution in [-0.2, 0) is 13.2 Å². The molecule has 0 radical (unpaired) electrons. The third-order valence-corrected chi connectivity index (χ3v) is 5.62. The molecule has 32 heavy (non-hydrogen) atoms. The van der Waals surface area contributed by atoms with Crippen LogP contribution in [0, 0.1) is 0 Å². The van der Waals surface area contributed by atoms with Gasteiger partial charge in [-0.25, -0.2) is 4.68 Å². The van der Waals surface area contributed by atoms with Gasteiger partial charge in [0.1, 0.15) is 5.69 Å². The van der Waals surface area contributed by atoms with Crippen molar-refractivity contribution >= 4 is 0 Å². The lowest BCUT2D eigenvalue weighted by atomic mass is 10.1. The van der Waals surface area contributed by atoms with Gasteiger partial charge < -0.3 is 18.6 Å². The van der Waals surface area contributed by atoms with Crippen LogP contribution in [0.15, 0.2) is 51.9 Å². The predicted octanol–water partition coefficient (Wildman–Crippen LogP) is 2.30. The van der Waals surface area contributed by atoms with Crippen LogP contribution >= 0.6 is 0 Å². The van der Waals surface area contributed by atoms with Gasteiger partial charge in [0.15, 0.2) is 17.3 Å². The highest BCUT2D eigenvalue weighted by atomic mass is 16.5. The van der Waals surface area contributed by atoms with Crippen LogP contribution in [0.25, 0.3) is 11.5 Å². The van der Waals surface area contributed by atoms with Crippen molar-refractivity contribution in [2.45, 2.75) is 13.2 Å². The van der Waals surface area contributed by atoms with Crippen molar-refractivity contribution in [3.8, 4) is 28.7 Å². The molecular formula is C23H28N4O5. The molecule has 1 fully saturated rings. The van der Waals surface area contributed by atoms with Gasteiger partial charge in [-0.05, 0) is 24.3 Å². The fourth-order valence-corrected chi connectivity index (χ4v) is 3.91. The molecule has 0 amide bonds. The van der Waals surface area contributed by atoms with Gasteiger partial charge in [0, 0.05) is 44.4 Å². The standard InChI is InChI=1S/C23H28N4O5/c1-29-20-8-6-17(22(30-2)23(20)31-3)15-25-10-12-26(13-11-25)16-27-21(28)9-7-18(24-27)19-5-4-14-32-19/h4-9,14H,10-13,15-16H2,1-3H3. The first-order chi connectivity index (χ1) is 15.6. The van der Waals surface area contributed by atoms with Crippen LogP contribution in [0.3, 0.4) is 0 Å². The lowest BCUT2D eigenvalue weighted by Crippen LogP contribution is -2.47. The summed E-state index contributed by atoms with van der Waals surface area (Å²) in [5, 5.41) is 4.47. The Bertz CT molecular complexity index is 1090. The average molecular weight is 441 g/mol. The quantitative estimate of drug-likeness (QED) is 0.528. The van der Waals surface area contributed by atoms with E-state index in [9.17, 15) is 4.79 Å². The summed E-state index contributed by atoms with van der Waals surface area (Å²) in [4.78, 5) is 16.9. The maximum atomic E-state index is 12.3. The minimum absolute atomic E-state index is 0.127. The zero-order valence-electron chi connectivity index (χ0n) is 18.6. The van der Waals surface area contributed by atoms with Crippen molar-refractivity contribution in [3.05, 3.63) is 58.6 Å². The van der Waals surface area contributed by atoms with E-state index in [4.69, 9.17) is 18.6 Å². The second-order valence-electron chi connectivity index (χ2n) is 7.56. The summed E-state index contributed by atoms with van der Waals surface area (Å²) in [6.07, 6.45) is 1.60. The Kier molecular flexibility index (Phi) is 6.77. The van der Waals surface area contributed by atoms with Crippen molar-refractivity contribution in [3.63, 3.8) is 0 Å². The lowest BCUT2D eigenvalue weighted by Gasteiger charge is -2.34. The maximum absolute atomic E-state index is 12.3. The lowest BCUT2D eigenvalue weighted by molar-refractivity contribution is 0.0964. The molecule has 1 aliphatic rings. The van der Waals surface area contributed by atoms with E-state index >= 15 is 0 Å². The monoisotopic (exact) mass is 440 g/mol. The Hall–Kier alpha value is -3.30. The Balaban J connectivity index is 1.39. The van der Waals surface area contributed by atoms with Gasteiger partial charge in [-0.2, -0.15) is 5.10 Å². The number of ether oxygens (including phenoxy) is 3. The Morgan fingerprint density at radius 2 is 1.66 bits per heavy atom. The zero-order valence-corrected chi connectivity index (χ0v) is 18.6. The predicted molar refractivity (Wildman–Crippen MR) is 119 cm³/mol. The summed E-state index contributed by atoms with van der Waals surface area (Å²) in [6, 6.07) is 10.8. The van der Waals surface area contributed by atoms with Crippen molar-refractivity contribution < 1.29 is 18.6 Å². The highest BCUT2D eigenvalue weighted by Crippen LogP contribution is 2.40. The summed E-state index contributed by atoms with van der Waals surface area (Å²) in [5.74, 6) is 2.59. The third kappa shape index (κ3) is 4.63. The van der Waals surface area contributed by atoms with Crippen molar-refractivity contribution in [2.75, 3.05) is 47.5 Å². The van der Waals surface area contributed by atoms with Crippen molar-refractivity contribution in [2.24, 2.45) is 0 Å². The second-order valence-corrected chi connectivity index (χ2v) is 7.56. The van der Waals surface area contributed by atoms with Crippen LogP contribution in [0.2, 0.25) is 0 Å². The molecule has 3 heterocycles. The molecule has 0 bridgehead atoms. The number of furan rings is 1. The SMILES string of the molecule is COc1ccc(CN2CCN(Cn3nc(-c4ccco4)ccc3=O)CC2)c(OC)c1OC. The summed E-state index contributed by atoms with van der Waals surface area (Å²) in [5.41, 5.74) is 1.56. The molecule has 0 spiro atoms. The van der Waals surface area contributed by atoms with Crippen molar-refractivity contribution in [1.82, 2.24) is 19.6 Å². The Morgan fingerprint density at radius 1 is 0.906 bits per heavy atom.